The van der Waals surface area contributed by atoms with Crippen LogP contribution in [0.4, 0.5) is 0 Å². The molecule has 1 saturated carbocycles. The number of carbonyl (C=O) groups is 1. The highest BCUT2D eigenvalue weighted by atomic mass is 32.2. The molecule has 1 atom stereocenters. The first-order valence-corrected chi connectivity index (χ1v) is 5.99. The van der Waals surface area contributed by atoms with Gasteiger partial charge in [-0.15, -0.1) is 18.3 Å². The number of Topliss-reactive ketones (excluding diaryl/α,β-unsaturated/α-hetero) is 1. The van der Waals surface area contributed by atoms with Crippen LogP contribution in [0.3, 0.4) is 0 Å². The fourth-order valence-electron chi connectivity index (χ4n) is 1.86. The molecule has 84 valence electrons. The Morgan fingerprint density at radius 1 is 1.60 bits per heavy atom. The number of thioether (sulfide) groups is 1. The first kappa shape index (κ1) is 12.2. The normalized spacial score (nSPS) is 26.3. The van der Waals surface area contributed by atoms with E-state index in [0.717, 1.165) is 12.8 Å². The van der Waals surface area contributed by atoms with Crippen molar-refractivity contribution in [2.75, 3.05) is 12.3 Å². The van der Waals surface area contributed by atoms with Crippen molar-refractivity contribution < 1.29 is 9.72 Å². The van der Waals surface area contributed by atoms with Gasteiger partial charge in [0.2, 0.25) is 6.54 Å². The van der Waals surface area contributed by atoms with Crippen LogP contribution < -0.4 is 0 Å². The van der Waals surface area contributed by atoms with Crippen molar-refractivity contribution >= 4 is 17.5 Å². The zero-order valence-electron chi connectivity index (χ0n) is 8.61. The molecule has 0 amide bonds. The molecule has 0 spiro atoms. The number of hydrogen-bond donors (Lipinski definition) is 0. The van der Waals surface area contributed by atoms with Gasteiger partial charge in [-0.25, -0.2) is 0 Å². The van der Waals surface area contributed by atoms with Crippen molar-refractivity contribution in [2.45, 2.75) is 30.4 Å². The third kappa shape index (κ3) is 3.06. The summed E-state index contributed by atoms with van der Waals surface area (Å²) >= 11 is 1.37. The fourth-order valence-corrected chi connectivity index (χ4v) is 3.04. The Bertz CT molecular complexity index is 280. The number of nitro groups is 1. The molecule has 0 saturated heterocycles. The number of hydrogen-bond acceptors (Lipinski definition) is 4. The Hall–Kier alpha value is -0.840. The van der Waals surface area contributed by atoms with Crippen molar-refractivity contribution in [3.8, 4) is 0 Å². The summed E-state index contributed by atoms with van der Waals surface area (Å²) in [6.07, 6.45) is 4.58. The highest BCUT2D eigenvalue weighted by molar-refractivity contribution is 8.01. The van der Waals surface area contributed by atoms with Crippen molar-refractivity contribution in [1.29, 1.82) is 0 Å². The van der Waals surface area contributed by atoms with Crippen LogP contribution in [-0.4, -0.2) is 27.8 Å². The van der Waals surface area contributed by atoms with E-state index in [9.17, 15) is 14.9 Å². The van der Waals surface area contributed by atoms with Gasteiger partial charge in [0.05, 0.1) is 0 Å². The monoisotopic (exact) mass is 229 g/mol. The van der Waals surface area contributed by atoms with E-state index in [-0.39, 0.29) is 17.3 Å². The van der Waals surface area contributed by atoms with Gasteiger partial charge in [-0.3, -0.25) is 14.9 Å². The Morgan fingerprint density at radius 2 is 2.33 bits per heavy atom. The number of nitrogens with zero attached hydrogens (tertiary/aromatic N) is 1. The van der Waals surface area contributed by atoms with Crippen LogP contribution in [0.25, 0.3) is 0 Å². The zero-order chi connectivity index (χ0) is 11.3. The standard InChI is InChI=1S/C10H15NO3S/c1-2-7-15-10(8-11(13)14)6-4-3-5-9(10)12/h2H,1,3-8H2. The molecule has 0 bridgehead atoms. The summed E-state index contributed by atoms with van der Waals surface area (Å²) in [5, 5.41) is 10.6. The summed E-state index contributed by atoms with van der Waals surface area (Å²) in [7, 11) is 0. The molecule has 0 N–H and O–H groups in total. The lowest BCUT2D eigenvalue weighted by atomic mass is 9.87. The van der Waals surface area contributed by atoms with E-state index in [1.165, 1.54) is 11.8 Å². The molecule has 0 heterocycles. The second-order valence-electron chi connectivity index (χ2n) is 3.72. The minimum atomic E-state index is -0.782. The highest BCUT2D eigenvalue weighted by Gasteiger charge is 2.44. The highest BCUT2D eigenvalue weighted by Crippen LogP contribution is 2.37. The molecule has 0 aromatic carbocycles. The molecule has 5 heteroatoms. The second-order valence-corrected chi connectivity index (χ2v) is 5.12. The van der Waals surface area contributed by atoms with Gasteiger partial charge < -0.3 is 0 Å². The molecule has 0 aromatic heterocycles. The lowest BCUT2D eigenvalue weighted by Crippen LogP contribution is -2.44. The molecule has 0 aromatic rings. The van der Waals surface area contributed by atoms with Crippen LogP contribution in [0, 0.1) is 10.1 Å². The van der Waals surface area contributed by atoms with Gasteiger partial charge in [0.15, 0.2) is 5.78 Å². The number of carbonyl (C=O) groups excluding carboxylic acids is 1. The third-order valence-corrected chi connectivity index (χ3v) is 4.12. The van der Waals surface area contributed by atoms with E-state index in [4.69, 9.17) is 0 Å². The molecule has 0 radical (unpaired) electrons. The maximum absolute atomic E-state index is 11.8. The Kier molecular flexibility index (Phi) is 4.32. The Balaban J connectivity index is 2.77. The minimum absolute atomic E-state index is 0.0392. The summed E-state index contributed by atoms with van der Waals surface area (Å²) in [6, 6.07) is 0. The van der Waals surface area contributed by atoms with Crippen LogP contribution >= 0.6 is 11.8 Å². The van der Waals surface area contributed by atoms with Crippen molar-refractivity contribution in [3.05, 3.63) is 22.8 Å². The summed E-state index contributed by atoms with van der Waals surface area (Å²) in [6.45, 7) is 3.33. The lowest BCUT2D eigenvalue weighted by molar-refractivity contribution is -0.482. The first-order valence-electron chi connectivity index (χ1n) is 5.01. The molecule has 1 unspecified atom stereocenters. The average Bonchev–Trinajstić information content (AvgIpc) is 2.18. The lowest BCUT2D eigenvalue weighted by Gasteiger charge is -2.31. The zero-order valence-corrected chi connectivity index (χ0v) is 9.42. The minimum Gasteiger partial charge on any atom is -0.298 e. The summed E-state index contributed by atoms with van der Waals surface area (Å²) in [5.41, 5.74) is 0. The molecule has 0 aliphatic heterocycles. The van der Waals surface area contributed by atoms with E-state index >= 15 is 0 Å². The third-order valence-electron chi connectivity index (χ3n) is 2.60. The topological polar surface area (TPSA) is 60.2 Å². The van der Waals surface area contributed by atoms with Gasteiger partial charge >= 0.3 is 0 Å². The van der Waals surface area contributed by atoms with Crippen LogP contribution in [0.15, 0.2) is 12.7 Å². The molecule has 15 heavy (non-hydrogen) atoms. The second kappa shape index (κ2) is 5.30. The molecular formula is C10H15NO3S. The maximum atomic E-state index is 11.8. The summed E-state index contributed by atoms with van der Waals surface area (Å²) < 4.78 is -0.782. The van der Waals surface area contributed by atoms with Gasteiger partial charge in [0.25, 0.3) is 0 Å². The molecule has 1 fully saturated rings. The van der Waals surface area contributed by atoms with Crippen LogP contribution in [-0.2, 0) is 4.79 Å². The summed E-state index contributed by atoms with van der Waals surface area (Å²) in [5.74, 6) is 0.636. The average molecular weight is 229 g/mol. The van der Waals surface area contributed by atoms with Crippen LogP contribution in [0.2, 0.25) is 0 Å². The van der Waals surface area contributed by atoms with Crippen molar-refractivity contribution in [1.82, 2.24) is 0 Å². The van der Waals surface area contributed by atoms with E-state index in [2.05, 4.69) is 6.58 Å². The van der Waals surface area contributed by atoms with Gasteiger partial charge in [-0.1, -0.05) is 12.5 Å². The predicted molar refractivity (Wildman–Crippen MR) is 60.7 cm³/mol. The Morgan fingerprint density at radius 3 is 2.87 bits per heavy atom. The van der Waals surface area contributed by atoms with Crippen molar-refractivity contribution in [2.24, 2.45) is 0 Å². The van der Waals surface area contributed by atoms with E-state index in [0.29, 0.717) is 18.6 Å². The maximum Gasteiger partial charge on any atom is 0.225 e. The Labute approximate surface area is 93.3 Å². The molecule has 4 nitrogen and oxygen atoms in total. The quantitative estimate of drug-likeness (QED) is 0.411. The van der Waals surface area contributed by atoms with Crippen LogP contribution in [0.1, 0.15) is 25.7 Å². The molecular weight excluding hydrogens is 214 g/mol. The summed E-state index contributed by atoms with van der Waals surface area (Å²) in [4.78, 5) is 22.0. The van der Waals surface area contributed by atoms with Gasteiger partial charge in [0.1, 0.15) is 4.75 Å². The van der Waals surface area contributed by atoms with E-state index in [1.807, 2.05) is 0 Å². The van der Waals surface area contributed by atoms with Gasteiger partial charge in [-0.2, -0.15) is 0 Å². The smallest absolute Gasteiger partial charge is 0.225 e. The first-order chi connectivity index (χ1) is 7.10. The van der Waals surface area contributed by atoms with Gasteiger partial charge in [-0.05, 0) is 12.8 Å². The van der Waals surface area contributed by atoms with E-state index in [1.54, 1.807) is 6.08 Å². The number of ketones is 1. The molecule has 1 rings (SSSR count). The van der Waals surface area contributed by atoms with E-state index < -0.39 is 4.75 Å². The van der Waals surface area contributed by atoms with Crippen LogP contribution in [0.5, 0.6) is 0 Å². The predicted octanol–water partition coefficient (Wildman–Crippen LogP) is 2.06. The van der Waals surface area contributed by atoms with Crippen molar-refractivity contribution in [3.63, 3.8) is 0 Å². The SMILES string of the molecule is C=CCSC1(C[N+](=O)[O-])CCCCC1=O. The van der Waals surface area contributed by atoms with Gasteiger partial charge in [0, 0.05) is 17.1 Å². The largest absolute Gasteiger partial charge is 0.298 e. The molecule has 1 aliphatic carbocycles. The fraction of sp³-hybridized carbons (Fsp3) is 0.700. The molecule has 1 aliphatic rings. The number of rotatable bonds is 5.